The Labute approximate surface area is 157 Å². The summed E-state index contributed by atoms with van der Waals surface area (Å²) in [6.07, 6.45) is 6.96. The lowest BCUT2D eigenvalue weighted by Gasteiger charge is -2.32. The van der Waals surface area contributed by atoms with Crippen LogP contribution < -0.4 is 10.2 Å². The fourth-order valence-corrected chi connectivity index (χ4v) is 3.70. The zero-order valence-electron chi connectivity index (χ0n) is 15.3. The van der Waals surface area contributed by atoms with Crippen molar-refractivity contribution >= 4 is 22.8 Å². The zero-order chi connectivity index (χ0) is 18.8. The number of aryl methyl sites for hydroxylation is 1. The first-order chi connectivity index (χ1) is 13.1. The Morgan fingerprint density at radius 2 is 1.93 bits per heavy atom. The number of nitrogens with zero attached hydrogens (tertiary/aromatic N) is 4. The summed E-state index contributed by atoms with van der Waals surface area (Å²) in [6, 6.07) is 8.93. The topological polar surface area (TPSA) is 83.3 Å². The standard InChI is InChI=1S/C20H23N5O2/c1-24-13-15(17-4-2-3-5-18(17)24)12-21-16-6-8-25(9-7-16)20-22-10-14(11-23-20)19(26)27/h2-5,10-11,13,16,21H,6-9,12H2,1H3,(H,26,27). The van der Waals surface area contributed by atoms with E-state index in [1.54, 1.807) is 0 Å². The van der Waals surface area contributed by atoms with Gasteiger partial charge >= 0.3 is 5.97 Å². The summed E-state index contributed by atoms with van der Waals surface area (Å²) in [6.45, 7) is 2.58. The van der Waals surface area contributed by atoms with Crippen LogP contribution in [0.5, 0.6) is 0 Å². The SMILES string of the molecule is Cn1cc(CNC2CCN(c3ncc(C(=O)O)cn3)CC2)c2ccccc21. The number of hydrogen-bond acceptors (Lipinski definition) is 5. The maximum atomic E-state index is 10.9. The maximum absolute atomic E-state index is 10.9. The van der Waals surface area contributed by atoms with Crippen molar-refractivity contribution in [2.75, 3.05) is 18.0 Å². The molecule has 1 fully saturated rings. The van der Waals surface area contributed by atoms with E-state index >= 15 is 0 Å². The normalized spacial score (nSPS) is 15.4. The lowest BCUT2D eigenvalue weighted by molar-refractivity contribution is 0.0696. The van der Waals surface area contributed by atoms with E-state index in [9.17, 15) is 4.79 Å². The van der Waals surface area contributed by atoms with Crippen molar-refractivity contribution in [3.05, 3.63) is 54.0 Å². The molecule has 0 atom stereocenters. The first-order valence-electron chi connectivity index (χ1n) is 9.18. The predicted octanol–water partition coefficient (Wildman–Crippen LogP) is 2.43. The highest BCUT2D eigenvalue weighted by Crippen LogP contribution is 2.21. The van der Waals surface area contributed by atoms with Gasteiger partial charge in [0.25, 0.3) is 0 Å². The number of rotatable bonds is 5. The van der Waals surface area contributed by atoms with Crippen LogP contribution in [0, 0.1) is 0 Å². The number of carboxylic acid groups (broad SMARTS) is 1. The number of aromatic carboxylic acids is 1. The van der Waals surface area contributed by atoms with Crippen molar-refractivity contribution in [2.24, 2.45) is 7.05 Å². The molecule has 0 aliphatic carbocycles. The molecule has 0 spiro atoms. The number of para-hydroxylation sites is 1. The molecule has 27 heavy (non-hydrogen) atoms. The van der Waals surface area contributed by atoms with Crippen LogP contribution in [-0.2, 0) is 13.6 Å². The van der Waals surface area contributed by atoms with Gasteiger partial charge in [0.15, 0.2) is 0 Å². The zero-order valence-corrected chi connectivity index (χ0v) is 15.3. The van der Waals surface area contributed by atoms with Crippen LogP contribution in [0.2, 0.25) is 0 Å². The van der Waals surface area contributed by atoms with Crippen molar-refractivity contribution in [1.82, 2.24) is 19.9 Å². The second-order valence-electron chi connectivity index (χ2n) is 7.00. The smallest absolute Gasteiger partial charge is 0.338 e. The van der Waals surface area contributed by atoms with Gasteiger partial charge in [0.2, 0.25) is 5.95 Å². The van der Waals surface area contributed by atoms with Gasteiger partial charge in [-0.3, -0.25) is 0 Å². The highest BCUT2D eigenvalue weighted by atomic mass is 16.4. The van der Waals surface area contributed by atoms with E-state index in [1.165, 1.54) is 28.9 Å². The number of benzene rings is 1. The summed E-state index contributed by atoms with van der Waals surface area (Å²) in [7, 11) is 2.08. The molecular formula is C20H23N5O2. The average molecular weight is 365 g/mol. The quantitative estimate of drug-likeness (QED) is 0.723. The van der Waals surface area contributed by atoms with Crippen molar-refractivity contribution < 1.29 is 9.90 Å². The van der Waals surface area contributed by atoms with Gasteiger partial charge in [-0.2, -0.15) is 0 Å². The average Bonchev–Trinajstić information content (AvgIpc) is 3.03. The van der Waals surface area contributed by atoms with E-state index in [2.05, 4.69) is 62.3 Å². The Balaban J connectivity index is 1.33. The van der Waals surface area contributed by atoms with E-state index in [4.69, 9.17) is 5.11 Å². The van der Waals surface area contributed by atoms with Gasteiger partial charge in [0, 0.05) is 62.2 Å². The minimum absolute atomic E-state index is 0.116. The van der Waals surface area contributed by atoms with Crippen LogP contribution in [0.1, 0.15) is 28.8 Å². The van der Waals surface area contributed by atoms with Gasteiger partial charge in [-0.1, -0.05) is 18.2 Å². The Kier molecular flexibility index (Phi) is 4.77. The van der Waals surface area contributed by atoms with Gasteiger partial charge in [-0.25, -0.2) is 14.8 Å². The molecule has 4 rings (SSSR count). The molecule has 1 aliphatic rings. The molecular weight excluding hydrogens is 342 g/mol. The molecule has 7 heteroatoms. The van der Waals surface area contributed by atoms with Crippen LogP contribution in [0.15, 0.2) is 42.9 Å². The number of carbonyl (C=O) groups is 1. The number of carboxylic acids is 1. The molecule has 140 valence electrons. The lowest BCUT2D eigenvalue weighted by atomic mass is 10.0. The number of piperidine rings is 1. The summed E-state index contributed by atoms with van der Waals surface area (Å²) >= 11 is 0. The third-order valence-corrected chi connectivity index (χ3v) is 5.22. The number of nitrogens with one attached hydrogen (secondary N) is 1. The summed E-state index contributed by atoms with van der Waals surface area (Å²) in [5.41, 5.74) is 2.69. The van der Waals surface area contributed by atoms with Crippen molar-refractivity contribution in [3.63, 3.8) is 0 Å². The molecule has 0 saturated carbocycles. The molecule has 0 unspecified atom stereocenters. The monoisotopic (exact) mass is 365 g/mol. The van der Waals surface area contributed by atoms with Crippen LogP contribution in [0.4, 0.5) is 5.95 Å². The largest absolute Gasteiger partial charge is 0.478 e. The van der Waals surface area contributed by atoms with E-state index in [-0.39, 0.29) is 5.56 Å². The Bertz CT molecular complexity index is 943. The molecule has 1 aliphatic heterocycles. The molecule has 0 amide bonds. The summed E-state index contributed by atoms with van der Waals surface area (Å²) in [5, 5.41) is 13.9. The van der Waals surface area contributed by atoms with E-state index < -0.39 is 5.97 Å². The number of hydrogen-bond donors (Lipinski definition) is 2. The Morgan fingerprint density at radius 3 is 2.63 bits per heavy atom. The first kappa shape index (κ1) is 17.5. The molecule has 0 radical (unpaired) electrons. The molecule has 1 saturated heterocycles. The predicted molar refractivity (Wildman–Crippen MR) is 104 cm³/mol. The first-order valence-corrected chi connectivity index (χ1v) is 9.18. The Morgan fingerprint density at radius 1 is 1.22 bits per heavy atom. The van der Waals surface area contributed by atoms with E-state index in [0.29, 0.717) is 12.0 Å². The van der Waals surface area contributed by atoms with Crippen LogP contribution in [0.25, 0.3) is 10.9 Å². The summed E-state index contributed by atoms with van der Waals surface area (Å²) in [4.78, 5) is 21.4. The fourth-order valence-electron chi connectivity index (χ4n) is 3.70. The molecule has 2 aromatic heterocycles. The Hall–Kier alpha value is -2.93. The van der Waals surface area contributed by atoms with Crippen LogP contribution in [0.3, 0.4) is 0 Å². The lowest BCUT2D eigenvalue weighted by Crippen LogP contribution is -2.42. The maximum Gasteiger partial charge on any atom is 0.338 e. The van der Waals surface area contributed by atoms with Gasteiger partial charge in [-0.05, 0) is 24.5 Å². The fraction of sp³-hybridized carbons (Fsp3) is 0.350. The van der Waals surface area contributed by atoms with E-state index in [0.717, 1.165) is 32.5 Å². The van der Waals surface area contributed by atoms with Crippen LogP contribution in [-0.4, -0.2) is 44.7 Å². The summed E-state index contributed by atoms with van der Waals surface area (Å²) in [5.74, 6) is -0.398. The van der Waals surface area contributed by atoms with Crippen molar-refractivity contribution in [2.45, 2.75) is 25.4 Å². The molecule has 0 bridgehead atoms. The van der Waals surface area contributed by atoms with Crippen LogP contribution >= 0.6 is 0 Å². The molecule has 7 nitrogen and oxygen atoms in total. The minimum Gasteiger partial charge on any atom is -0.478 e. The highest BCUT2D eigenvalue weighted by Gasteiger charge is 2.21. The van der Waals surface area contributed by atoms with Crippen molar-refractivity contribution in [3.8, 4) is 0 Å². The van der Waals surface area contributed by atoms with Gasteiger partial charge in [0.05, 0.1) is 5.56 Å². The third kappa shape index (κ3) is 3.64. The third-order valence-electron chi connectivity index (χ3n) is 5.22. The number of fused-ring (bicyclic) bond motifs is 1. The molecule has 2 N–H and O–H groups in total. The number of anilines is 1. The molecule has 3 aromatic rings. The number of aromatic nitrogens is 3. The molecule has 1 aromatic carbocycles. The minimum atomic E-state index is -1.00. The van der Waals surface area contributed by atoms with Gasteiger partial charge in [0.1, 0.15) is 0 Å². The van der Waals surface area contributed by atoms with E-state index in [1.807, 2.05) is 0 Å². The second kappa shape index (κ2) is 7.36. The molecule has 3 heterocycles. The second-order valence-corrected chi connectivity index (χ2v) is 7.00. The summed E-state index contributed by atoms with van der Waals surface area (Å²) < 4.78 is 2.17. The van der Waals surface area contributed by atoms with Gasteiger partial charge < -0.3 is 19.9 Å². The highest BCUT2D eigenvalue weighted by molar-refractivity contribution is 5.86. The van der Waals surface area contributed by atoms with Gasteiger partial charge in [-0.15, -0.1) is 0 Å². The van der Waals surface area contributed by atoms with Crippen molar-refractivity contribution in [1.29, 1.82) is 0 Å².